The Bertz CT molecular complexity index is 3220. The second-order valence-corrected chi connectivity index (χ2v) is 14.1. The summed E-state index contributed by atoms with van der Waals surface area (Å²) in [6.45, 7) is 0. The minimum atomic E-state index is 0.844. The van der Waals surface area contributed by atoms with Crippen molar-refractivity contribution in [3.05, 3.63) is 200 Å². The highest BCUT2D eigenvalue weighted by Gasteiger charge is 2.25. The van der Waals surface area contributed by atoms with Crippen LogP contribution in [0.3, 0.4) is 0 Å². The van der Waals surface area contributed by atoms with Gasteiger partial charge in [-0.1, -0.05) is 146 Å². The lowest BCUT2D eigenvalue weighted by Gasteiger charge is -2.31. The predicted molar refractivity (Wildman–Crippen MR) is 229 cm³/mol. The zero-order valence-corrected chi connectivity index (χ0v) is 29.8. The van der Waals surface area contributed by atoms with Crippen LogP contribution in [0.25, 0.3) is 88.0 Å². The van der Waals surface area contributed by atoms with Crippen LogP contribution in [0.4, 0.5) is 17.1 Å². The Labute approximate surface area is 317 Å². The molecule has 9 aromatic carbocycles. The van der Waals surface area contributed by atoms with Crippen molar-refractivity contribution in [2.45, 2.75) is 0 Å². The molecule has 3 heteroatoms. The number of para-hydroxylation sites is 3. The molecule has 0 spiro atoms. The fraction of sp³-hybridized carbons (Fsp3) is 0. The van der Waals surface area contributed by atoms with Crippen LogP contribution in [-0.4, -0.2) is 0 Å². The maximum absolute atomic E-state index is 6.52. The number of fused-ring (bicyclic) bond motifs is 7. The standard InChI is InChI=1S/C52H33NO2/c1-2-14-35(15-3-1)41-29-27-38(37-26-25-34-13-4-5-16-36(34)31-37)32-47(41)53(46-21-12-24-50-52(46)44-19-8-11-23-49(44)54-50)45-20-9-6-17-40(45)39-28-30-43-42-18-7-10-22-48(42)55-51(43)33-39/h1-33H. The third-order valence-corrected chi connectivity index (χ3v) is 10.9. The van der Waals surface area contributed by atoms with Crippen LogP contribution in [0.1, 0.15) is 0 Å². The van der Waals surface area contributed by atoms with Gasteiger partial charge in [0.1, 0.15) is 22.3 Å². The van der Waals surface area contributed by atoms with Crippen molar-refractivity contribution in [3.63, 3.8) is 0 Å². The first kappa shape index (κ1) is 31.2. The lowest BCUT2D eigenvalue weighted by molar-refractivity contribution is 0.668. The van der Waals surface area contributed by atoms with E-state index in [1.807, 2.05) is 18.2 Å². The first-order chi connectivity index (χ1) is 27.3. The van der Waals surface area contributed by atoms with E-state index in [0.717, 1.165) is 94.3 Å². The van der Waals surface area contributed by atoms with E-state index in [9.17, 15) is 0 Å². The van der Waals surface area contributed by atoms with E-state index in [0.29, 0.717) is 0 Å². The Morgan fingerprint density at radius 2 is 0.891 bits per heavy atom. The summed E-state index contributed by atoms with van der Waals surface area (Å²) in [6.07, 6.45) is 0. The summed E-state index contributed by atoms with van der Waals surface area (Å²) in [5.41, 5.74) is 13.3. The Kier molecular flexibility index (Phi) is 7.17. The molecular weight excluding hydrogens is 671 g/mol. The summed E-state index contributed by atoms with van der Waals surface area (Å²) >= 11 is 0. The van der Waals surface area contributed by atoms with Gasteiger partial charge in [-0.25, -0.2) is 0 Å². The average Bonchev–Trinajstić information content (AvgIpc) is 3.83. The quantitative estimate of drug-likeness (QED) is 0.173. The summed E-state index contributed by atoms with van der Waals surface area (Å²) in [5.74, 6) is 0. The molecule has 11 aromatic rings. The normalized spacial score (nSPS) is 11.6. The maximum Gasteiger partial charge on any atom is 0.137 e. The van der Waals surface area contributed by atoms with E-state index in [1.54, 1.807) is 0 Å². The summed E-state index contributed by atoms with van der Waals surface area (Å²) in [4.78, 5) is 2.44. The van der Waals surface area contributed by atoms with Gasteiger partial charge in [0.05, 0.1) is 22.4 Å². The van der Waals surface area contributed by atoms with E-state index in [1.165, 1.54) is 10.8 Å². The van der Waals surface area contributed by atoms with Crippen LogP contribution in [0, 0.1) is 0 Å². The average molecular weight is 704 g/mol. The molecule has 0 saturated carbocycles. The van der Waals surface area contributed by atoms with E-state index < -0.39 is 0 Å². The van der Waals surface area contributed by atoms with E-state index in [4.69, 9.17) is 8.83 Å². The van der Waals surface area contributed by atoms with E-state index in [2.05, 4.69) is 187 Å². The molecule has 2 aromatic heterocycles. The van der Waals surface area contributed by atoms with Gasteiger partial charge in [-0.3, -0.25) is 0 Å². The summed E-state index contributed by atoms with van der Waals surface area (Å²) in [5, 5.41) is 6.81. The largest absolute Gasteiger partial charge is 0.456 e. The van der Waals surface area contributed by atoms with Crippen molar-refractivity contribution >= 4 is 71.7 Å². The van der Waals surface area contributed by atoms with Gasteiger partial charge in [0.15, 0.2) is 0 Å². The fourth-order valence-electron chi connectivity index (χ4n) is 8.26. The van der Waals surface area contributed by atoms with E-state index in [-0.39, 0.29) is 0 Å². The Hall–Kier alpha value is -7.36. The zero-order chi connectivity index (χ0) is 36.3. The smallest absolute Gasteiger partial charge is 0.137 e. The number of rotatable bonds is 6. The molecule has 0 fully saturated rings. The van der Waals surface area contributed by atoms with Crippen LogP contribution < -0.4 is 4.90 Å². The second-order valence-electron chi connectivity index (χ2n) is 14.1. The maximum atomic E-state index is 6.52. The van der Waals surface area contributed by atoms with Crippen molar-refractivity contribution in [2.75, 3.05) is 4.90 Å². The number of benzene rings is 9. The van der Waals surface area contributed by atoms with Gasteiger partial charge < -0.3 is 13.7 Å². The number of nitrogens with zero attached hydrogens (tertiary/aromatic N) is 1. The van der Waals surface area contributed by atoms with Gasteiger partial charge in [-0.05, 0) is 87.6 Å². The van der Waals surface area contributed by atoms with E-state index >= 15 is 0 Å². The SMILES string of the molecule is c1ccc(-c2ccc(-c3ccc4ccccc4c3)cc2N(c2ccccc2-c2ccc3c(c2)oc2ccccc23)c2cccc3oc4ccccc4c23)cc1. The Morgan fingerprint density at radius 3 is 1.78 bits per heavy atom. The van der Waals surface area contributed by atoms with Gasteiger partial charge >= 0.3 is 0 Å². The minimum Gasteiger partial charge on any atom is -0.456 e. The van der Waals surface area contributed by atoms with Crippen molar-refractivity contribution in [2.24, 2.45) is 0 Å². The van der Waals surface area contributed by atoms with Crippen LogP contribution in [0.15, 0.2) is 209 Å². The van der Waals surface area contributed by atoms with Crippen molar-refractivity contribution in [3.8, 4) is 33.4 Å². The first-order valence-electron chi connectivity index (χ1n) is 18.7. The highest BCUT2D eigenvalue weighted by atomic mass is 16.3. The molecule has 3 nitrogen and oxygen atoms in total. The fourth-order valence-corrected chi connectivity index (χ4v) is 8.26. The minimum absolute atomic E-state index is 0.844. The van der Waals surface area contributed by atoms with Crippen LogP contribution >= 0.6 is 0 Å². The molecule has 0 N–H and O–H groups in total. The molecule has 0 aliphatic heterocycles. The predicted octanol–water partition coefficient (Wildman–Crippen LogP) is 15.1. The highest BCUT2D eigenvalue weighted by Crippen LogP contribution is 2.49. The van der Waals surface area contributed by atoms with Gasteiger partial charge in [-0.15, -0.1) is 0 Å². The van der Waals surface area contributed by atoms with Crippen molar-refractivity contribution < 1.29 is 8.83 Å². The van der Waals surface area contributed by atoms with Gasteiger partial charge in [0.2, 0.25) is 0 Å². The molecule has 258 valence electrons. The van der Waals surface area contributed by atoms with Gasteiger partial charge in [0, 0.05) is 27.3 Å². The molecule has 11 rings (SSSR count). The molecule has 55 heavy (non-hydrogen) atoms. The Balaban J connectivity index is 1.22. The Morgan fingerprint density at radius 1 is 0.291 bits per heavy atom. The number of anilines is 3. The number of furan rings is 2. The van der Waals surface area contributed by atoms with Crippen LogP contribution in [0.5, 0.6) is 0 Å². The molecular formula is C52H33NO2. The van der Waals surface area contributed by atoms with Crippen LogP contribution in [-0.2, 0) is 0 Å². The summed E-state index contributed by atoms with van der Waals surface area (Å²) in [7, 11) is 0. The third kappa shape index (κ3) is 5.20. The molecule has 0 saturated heterocycles. The second kappa shape index (κ2) is 12.6. The highest BCUT2D eigenvalue weighted by molar-refractivity contribution is 6.15. The molecule has 0 radical (unpaired) electrons. The first-order valence-corrected chi connectivity index (χ1v) is 18.7. The van der Waals surface area contributed by atoms with Crippen molar-refractivity contribution in [1.29, 1.82) is 0 Å². The molecule has 0 bridgehead atoms. The molecule has 0 aliphatic rings. The summed E-state index contributed by atoms with van der Waals surface area (Å²) in [6, 6.07) is 71.2. The topological polar surface area (TPSA) is 29.5 Å². The van der Waals surface area contributed by atoms with Crippen molar-refractivity contribution in [1.82, 2.24) is 0 Å². The number of hydrogen-bond acceptors (Lipinski definition) is 3. The van der Waals surface area contributed by atoms with Gasteiger partial charge in [-0.2, -0.15) is 0 Å². The lowest BCUT2D eigenvalue weighted by Crippen LogP contribution is -2.13. The molecule has 0 aliphatic carbocycles. The molecule has 0 unspecified atom stereocenters. The number of hydrogen-bond donors (Lipinski definition) is 0. The van der Waals surface area contributed by atoms with Gasteiger partial charge in [0.25, 0.3) is 0 Å². The molecule has 0 amide bonds. The molecule has 2 heterocycles. The summed E-state index contributed by atoms with van der Waals surface area (Å²) < 4.78 is 12.9. The zero-order valence-electron chi connectivity index (χ0n) is 29.8. The monoisotopic (exact) mass is 703 g/mol. The lowest BCUT2D eigenvalue weighted by atomic mass is 9.94. The third-order valence-electron chi connectivity index (χ3n) is 10.9. The van der Waals surface area contributed by atoms with Crippen LogP contribution in [0.2, 0.25) is 0 Å². The molecule has 0 atom stereocenters.